The van der Waals surface area contributed by atoms with Crippen LogP contribution in [0.25, 0.3) is 0 Å². The molecule has 8 nitrogen and oxygen atoms in total. The van der Waals surface area contributed by atoms with Gasteiger partial charge in [-0.15, -0.1) is 24.8 Å². The highest BCUT2D eigenvalue weighted by Gasteiger charge is 2.20. The largest absolute Gasteiger partial charge is 0.493 e. The summed E-state index contributed by atoms with van der Waals surface area (Å²) in [5.74, 6) is 0.921. The van der Waals surface area contributed by atoms with E-state index in [1.165, 1.54) is 0 Å². The first-order valence-electron chi connectivity index (χ1n) is 8.77. The number of hydrogen-bond donors (Lipinski definition) is 2. The van der Waals surface area contributed by atoms with Gasteiger partial charge in [-0.3, -0.25) is 14.5 Å². The second kappa shape index (κ2) is 12.0. The molecule has 1 atom stereocenters. The van der Waals surface area contributed by atoms with Gasteiger partial charge in [0, 0.05) is 48.5 Å². The summed E-state index contributed by atoms with van der Waals surface area (Å²) in [7, 11) is 5.11. The van der Waals surface area contributed by atoms with E-state index in [0.29, 0.717) is 23.8 Å². The summed E-state index contributed by atoms with van der Waals surface area (Å²) < 4.78 is 12.9. The van der Waals surface area contributed by atoms with E-state index in [-0.39, 0.29) is 30.7 Å². The number of carbonyl (C=O) groups is 1. The quantitative estimate of drug-likeness (QED) is 0.544. The number of aryl methyl sites for hydroxylation is 1. The molecule has 0 bridgehead atoms. The van der Waals surface area contributed by atoms with Crippen LogP contribution in [0.2, 0.25) is 0 Å². The van der Waals surface area contributed by atoms with Gasteiger partial charge in [-0.05, 0) is 25.2 Å². The summed E-state index contributed by atoms with van der Waals surface area (Å²) in [4.78, 5) is 16.8. The number of likely N-dealkylation sites (N-methyl/N-ethyl adjacent to an activating group) is 1. The van der Waals surface area contributed by atoms with Crippen molar-refractivity contribution in [1.29, 1.82) is 0 Å². The lowest BCUT2D eigenvalue weighted by atomic mass is 10.1. The van der Waals surface area contributed by atoms with Gasteiger partial charge in [-0.25, -0.2) is 0 Å². The van der Waals surface area contributed by atoms with Crippen molar-refractivity contribution in [3.63, 3.8) is 0 Å². The molecule has 3 aromatic rings. The number of methoxy groups -OCH3 is 1. The molecule has 2 N–H and O–H groups in total. The van der Waals surface area contributed by atoms with Crippen molar-refractivity contribution in [2.45, 2.75) is 12.6 Å². The fraction of sp³-hybridized carbons (Fsp3) is 0.250. The molecule has 1 unspecified atom stereocenters. The average Bonchev–Trinajstić information content (AvgIpc) is 3.13. The van der Waals surface area contributed by atoms with Gasteiger partial charge in [0.1, 0.15) is 12.6 Å². The van der Waals surface area contributed by atoms with Gasteiger partial charge >= 0.3 is 0 Å². The van der Waals surface area contributed by atoms with E-state index >= 15 is 0 Å². The molecule has 2 heterocycles. The van der Waals surface area contributed by atoms with Crippen LogP contribution in [0.5, 0.6) is 11.5 Å². The second-order valence-electron chi connectivity index (χ2n) is 6.17. The maximum atomic E-state index is 12.7. The first-order valence-corrected chi connectivity index (χ1v) is 8.77. The topological polar surface area (TPSA) is 90.3 Å². The van der Waals surface area contributed by atoms with Gasteiger partial charge in [-0.1, -0.05) is 6.07 Å². The maximum Gasteiger partial charge on any atom is 0.246 e. The molecule has 0 aliphatic carbocycles. The predicted molar refractivity (Wildman–Crippen MR) is 120 cm³/mol. The Morgan fingerprint density at radius 1 is 1.20 bits per heavy atom. The number of nitrogens with zero attached hydrogens (tertiary/aromatic N) is 3. The standard InChI is InChI=1S/C20H23N5O3.2ClH/c1-21-19(15-11-23-25(2)12-15)20(26)24-16-6-7-17(27-3)18(9-16)28-13-14-5-4-8-22-10-14;;/h4-12,19,21H,13H2,1-3H3,(H,24,26);2*1H. The van der Waals surface area contributed by atoms with Crippen molar-refractivity contribution < 1.29 is 14.3 Å². The van der Waals surface area contributed by atoms with E-state index < -0.39 is 6.04 Å². The van der Waals surface area contributed by atoms with E-state index in [1.807, 2.05) is 19.2 Å². The zero-order valence-corrected chi connectivity index (χ0v) is 18.5. The Bertz CT molecular complexity index is 937. The molecule has 0 fully saturated rings. The minimum Gasteiger partial charge on any atom is -0.493 e. The number of hydrogen-bond acceptors (Lipinski definition) is 6. The second-order valence-corrected chi connectivity index (χ2v) is 6.17. The van der Waals surface area contributed by atoms with E-state index in [1.54, 1.807) is 61.8 Å². The number of halogens is 2. The zero-order valence-electron chi connectivity index (χ0n) is 16.9. The van der Waals surface area contributed by atoms with E-state index in [9.17, 15) is 4.79 Å². The lowest BCUT2D eigenvalue weighted by Gasteiger charge is -2.16. The van der Waals surface area contributed by atoms with E-state index in [2.05, 4.69) is 20.7 Å². The van der Waals surface area contributed by atoms with Crippen LogP contribution in [0.4, 0.5) is 5.69 Å². The Kier molecular flexibility index (Phi) is 10.1. The SMILES string of the molecule is CNC(C(=O)Nc1ccc(OC)c(OCc2cccnc2)c1)c1cnn(C)c1.Cl.Cl. The normalized spacial score (nSPS) is 10.9. The third-order valence-corrected chi connectivity index (χ3v) is 4.16. The Morgan fingerprint density at radius 3 is 2.60 bits per heavy atom. The fourth-order valence-corrected chi connectivity index (χ4v) is 2.76. The Hall–Kier alpha value is -2.81. The highest BCUT2D eigenvalue weighted by Crippen LogP contribution is 2.31. The van der Waals surface area contributed by atoms with Crippen LogP contribution in [0.3, 0.4) is 0 Å². The monoisotopic (exact) mass is 453 g/mol. The number of amides is 1. The highest BCUT2D eigenvalue weighted by molar-refractivity contribution is 5.95. The molecule has 0 radical (unpaired) electrons. The molecule has 10 heteroatoms. The summed E-state index contributed by atoms with van der Waals surface area (Å²) in [5.41, 5.74) is 2.33. The predicted octanol–water partition coefficient (Wildman–Crippen LogP) is 3.15. The molecule has 2 aromatic heterocycles. The van der Waals surface area contributed by atoms with Crippen LogP contribution in [-0.2, 0) is 18.4 Å². The number of nitrogens with one attached hydrogen (secondary N) is 2. The maximum absolute atomic E-state index is 12.7. The third kappa shape index (κ3) is 6.35. The van der Waals surface area contributed by atoms with E-state index in [4.69, 9.17) is 9.47 Å². The van der Waals surface area contributed by atoms with Crippen molar-refractivity contribution in [2.75, 3.05) is 19.5 Å². The van der Waals surface area contributed by atoms with Gasteiger partial charge < -0.3 is 20.1 Å². The number of pyridine rings is 1. The molecular formula is C20H25Cl2N5O3. The minimum absolute atomic E-state index is 0. The summed E-state index contributed by atoms with van der Waals surface area (Å²) >= 11 is 0. The van der Waals surface area contributed by atoms with Gasteiger partial charge in [-0.2, -0.15) is 5.10 Å². The van der Waals surface area contributed by atoms with Crippen LogP contribution < -0.4 is 20.1 Å². The van der Waals surface area contributed by atoms with Gasteiger partial charge in [0.15, 0.2) is 11.5 Å². The molecule has 0 aliphatic rings. The molecule has 0 spiro atoms. The Morgan fingerprint density at radius 2 is 2.00 bits per heavy atom. The molecule has 1 aromatic carbocycles. The number of ether oxygens (including phenoxy) is 2. The van der Waals surface area contributed by atoms with Gasteiger partial charge in [0.05, 0.1) is 13.3 Å². The van der Waals surface area contributed by atoms with Crippen LogP contribution in [0.1, 0.15) is 17.2 Å². The number of carbonyl (C=O) groups excluding carboxylic acids is 1. The van der Waals surface area contributed by atoms with Crippen molar-refractivity contribution >= 4 is 36.4 Å². The number of rotatable bonds is 8. The summed E-state index contributed by atoms with van der Waals surface area (Å²) in [6.07, 6.45) is 6.92. The van der Waals surface area contributed by atoms with Crippen molar-refractivity contribution in [1.82, 2.24) is 20.1 Å². The minimum atomic E-state index is -0.518. The molecular weight excluding hydrogens is 429 g/mol. The highest BCUT2D eigenvalue weighted by atomic mass is 35.5. The summed E-state index contributed by atoms with van der Waals surface area (Å²) in [5, 5.41) is 10.0. The van der Waals surface area contributed by atoms with E-state index in [0.717, 1.165) is 11.1 Å². The van der Waals surface area contributed by atoms with Crippen LogP contribution >= 0.6 is 24.8 Å². The van der Waals surface area contributed by atoms with Crippen LogP contribution in [0, 0.1) is 0 Å². The molecule has 3 rings (SSSR count). The summed E-state index contributed by atoms with van der Waals surface area (Å²) in [6.45, 7) is 0.344. The molecule has 1 amide bonds. The first kappa shape index (κ1) is 25.2. The molecule has 0 aliphatic heterocycles. The first-order chi connectivity index (χ1) is 13.6. The molecule has 0 saturated heterocycles. The van der Waals surface area contributed by atoms with Crippen molar-refractivity contribution in [3.05, 3.63) is 66.2 Å². The molecule has 30 heavy (non-hydrogen) atoms. The van der Waals surface area contributed by atoms with Crippen LogP contribution in [0.15, 0.2) is 55.1 Å². The number of benzene rings is 1. The fourth-order valence-electron chi connectivity index (χ4n) is 2.76. The zero-order chi connectivity index (χ0) is 19.9. The van der Waals surface area contributed by atoms with Crippen molar-refractivity contribution in [3.8, 4) is 11.5 Å². The lowest BCUT2D eigenvalue weighted by Crippen LogP contribution is -2.30. The number of aromatic nitrogens is 3. The van der Waals surface area contributed by atoms with Crippen LogP contribution in [-0.4, -0.2) is 34.8 Å². The third-order valence-electron chi connectivity index (χ3n) is 4.16. The average molecular weight is 454 g/mol. The van der Waals surface area contributed by atoms with Gasteiger partial charge in [0.2, 0.25) is 5.91 Å². The number of anilines is 1. The Balaban J connectivity index is 0.00000225. The van der Waals surface area contributed by atoms with Crippen molar-refractivity contribution in [2.24, 2.45) is 7.05 Å². The van der Waals surface area contributed by atoms with Gasteiger partial charge in [0.25, 0.3) is 0 Å². The molecule has 162 valence electrons. The Labute approximate surface area is 187 Å². The lowest BCUT2D eigenvalue weighted by molar-refractivity contribution is -0.118. The molecule has 0 saturated carbocycles. The smallest absolute Gasteiger partial charge is 0.246 e. The summed E-state index contributed by atoms with van der Waals surface area (Å²) in [6, 6.07) is 8.52.